The maximum absolute atomic E-state index is 4.49. The second kappa shape index (κ2) is 5.03. The van der Waals surface area contributed by atoms with Crippen LogP contribution in [0.1, 0.15) is 6.92 Å². The molecule has 0 aliphatic carbocycles. The first-order valence-electron chi connectivity index (χ1n) is 4.94. The van der Waals surface area contributed by atoms with Crippen molar-refractivity contribution in [1.82, 2.24) is 0 Å². The standard InChI is InChI=1S/C11H13BrN2S/c1-8-6-13-11(15-7-8)14-10-4-2-3-9(12)5-10/h2-5,8H,6-7H2,1H3,(H,13,14). The van der Waals surface area contributed by atoms with Gasteiger partial charge in [0.25, 0.3) is 0 Å². The normalized spacial score (nSPS) is 20.9. The van der Waals surface area contributed by atoms with Crippen molar-refractivity contribution in [3.8, 4) is 0 Å². The monoisotopic (exact) mass is 284 g/mol. The minimum absolute atomic E-state index is 0.697. The first-order valence-corrected chi connectivity index (χ1v) is 6.72. The lowest BCUT2D eigenvalue weighted by molar-refractivity contribution is 0.674. The van der Waals surface area contributed by atoms with E-state index in [9.17, 15) is 0 Å². The van der Waals surface area contributed by atoms with Crippen molar-refractivity contribution in [1.29, 1.82) is 0 Å². The van der Waals surface area contributed by atoms with E-state index in [4.69, 9.17) is 0 Å². The van der Waals surface area contributed by atoms with E-state index in [1.165, 1.54) is 0 Å². The molecule has 1 aromatic rings. The van der Waals surface area contributed by atoms with Gasteiger partial charge in [-0.1, -0.05) is 40.7 Å². The summed E-state index contributed by atoms with van der Waals surface area (Å²) in [4.78, 5) is 4.49. The van der Waals surface area contributed by atoms with E-state index in [0.717, 1.165) is 27.6 Å². The number of nitrogens with one attached hydrogen (secondary N) is 1. The van der Waals surface area contributed by atoms with Gasteiger partial charge < -0.3 is 5.32 Å². The van der Waals surface area contributed by atoms with Crippen molar-refractivity contribution in [3.05, 3.63) is 28.7 Å². The van der Waals surface area contributed by atoms with Crippen LogP contribution in [0, 0.1) is 5.92 Å². The van der Waals surface area contributed by atoms with Gasteiger partial charge in [-0.25, -0.2) is 0 Å². The van der Waals surface area contributed by atoms with Crippen LogP contribution in [0.3, 0.4) is 0 Å². The van der Waals surface area contributed by atoms with Crippen LogP contribution in [0.5, 0.6) is 0 Å². The number of thioether (sulfide) groups is 1. The molecule has 0 radical (unpaired) electrons. The van der Waals surface area contributed by atoms with Crippen LogP contribution >= 0.6 is 27.7 Å². The number of hydrogen-bond acceptors (Lipinski definition) is 3. The van der Waals surface area contributed by atoms with E-state index < -0.39 is 0 Å². The van der Waals surface area contributed by atoms with Crippen molar-refractivity contribution in [2.75, 3.05) is 17.6 Å². The lowest BCUT2D eigenvalue weighted by Crippen LogP contribution is -2.18. The molecular formula is C11H13BrN2S. The van der Waals surface area contributed by atoms with Crippen LogP contribution in [0.25, 0.3) is 0 Å². The van der Waals surface area contributed by atoms with Crippen LogP contribution in [-0.2, 0) is 0 Å². The highest BCUT2D eigenvalue weighted by Gasteiger charge is 2.11. The Balaban J connectivity index is 2.03. The van der Waals surface area contributed by atoms with E-state index in [0.29, 0.717) is 5.92 Å². The van der Waals surface area contributed by atoms with E-state index in [2.05, 4.69) is 39.2 Å². The fourth-order valence-corrected chi connectivity index (χ4v) is 2.63. The molecule has 0 bridgehead atoms. The summed E-state index contributed by atoms with van der Waals surface area (Å²) in [5.74, 6) is 1.85. The Morgan fingerprint density at radius 2 is 2.40 bits per heavy atom. The van der Waals surface area contributed by atoms with Crippen molar-refractivity contribution in [2.45, 2.75) is 6.92 Å². The first-order chi connectivity index (χ1) is 7.24. The molecular weight excluding hydrogens is 272 g/mol. The highest BCUT2D eigenvalue weighted by molar-refractivity contribution is 9.10. The Hall–Kier alpha value is -0.480. The molecule has 1 N–H and O–H groups in total. The van der Waals surface area contributed by atoms with E-state index in [-0.39, 0.29) is 0 Å². The molecule has 0 aromatic heterocycles. The largest absolute Gasteiger partial charge is 0.335 e. The highest BCUT2D eigenvalue weighted by Crippen LogP contribution is 2.21. The van der Waals surface area contributed by atoms with Crippen LogP contribution in [-0.4, -0.2) is 17.5 Å². The Morgan fingerprint density at radius 1 is 1.53 bits per heavy atom. The molecule has 1 aliphatic heterocycles. The third-order valence-corrected chi connectivity index (χ3v) is 3.86. The van der Waals surface area contributed by atoms with Crippen LogP contribution < -0.4 is 5.32 Å². The molecule has 1 aromatic carbocycles. The Labute approximate surface area is 103 Å². The van der Waals surface area contributed by atoms with Crippen molar-refractivity contribution >= 4 is 38.5 Å². The van der Waals surface area contributed by atoms with E-state index >= 15 is 0 Å². The van der Waals surface area contributed by atoms with Crippen molar-refractivity contribution in [2.24, 2.45) is 10.9 Å². The SMILES string of the molecule is CC1CN=C(Nc2cccc(Br)c2)SC1. The summed E-state index contributed by atoms with van der Waals surface area (Å²) in [6, 6.07) is 8.14. The third-order valence-electron chi connectivity index (χ3n) is 2.13. The summed E-state index contributed by atoms with van der Waals surface area (Å²) >= 11 is 5.25. The van der Waals surface area contributed by atoms with Crippen LogP contribution in [0.2, 0.25) is 0 Å². The molecule has 0 spiro atoms. The Kier molecular flexibility index (Phi) is 3.70. The Bertz CT molecular complexity index is 379. The topological polar surface area (TPSA) is 24.4 Å². The number of nitrogens with zero attached hydrogens (tertiary/aromatic N) is 1. The zero-order chi connectivity index (χ0) is 10.7. The van der Waals surface area contributed by atoms with Gasteiger partial charge in [0, 0.05) is 22.5 Å². The number of aliphatic imine (C=N–C) groups is 1. The molecule has 2 nitrogen and oxygen atoms in total. The molecule has 1 heterocycles. The molecule has 80 valence electrons. The van der Waals surface area contributed by atoms with Crippen LogP contribution in [0.15, 0.2) is 33.7 Å². The second-order valence-corrected chi connectivity index (χ2v) is 5.62. The molecule has 0 saturated heterocycles. The van der Waals surface area contributed by atoms with Crippen molar-refractivity contribution in [3.63, 3.8) is 0 Å². The molecule has 4 heteroatoms. The molecule has 2 rings (SSSR count). The molecule has 0 fully saturated rings. The van der Waals surface area contributed by atoms with Gasteiger partial charge in [-0.15, -0.1) is 0 Å². The lowest BCUT2D eigenvalue weighted by atomic mass is 10.2. The summed E-state index contributed by atoms with van der Waals surface area (Å²) in [7, 11) is 0. The third kappa shape index (κ3) is 3.24. The van der Waals surface area contributed by atoms with Gasteiger partial charge in [-0.2, -0.15) is 0 Å². The molecule has 15 heavy (non-hydrogen) atoms. The Morgan fingerprint density at radius 3 is 3.07 bits per heavy atom. The summed E-state index contributed by atoms with van der Waals surface area (Å²) in [6.45, 7) is 3.16. The molecule has 0 saturated carbocycles. The molecule has 1 unspecified atom stereocenters. The number of rotatable bonds is 1. The maximum atomic E-state index is 4.49. The van der Waals surface area contributed by atoms with E-state index in [1.807, 2.05) is 18.2 Å². The van der Waals surface area contributed by atoms with Gasteiger partial charge in [-0.05, 0) is 24.1 Å². The number of benzene rings is 1. The average molecular weight is 285 g/mol. The number of anilines is 1. The second-order valence-electron chi connectivity index (χ2n) is 3.70. The number of hydrogen-bond donors (Lipinski definition) is 1. The fourth-order valence-electron chi connectivity index (χ4n) is 1.32. The first kappa shape index (κ1) is 11.0. The van der Waals surface area contributed by atoms with Gasteiger partial charge in [0.15, 0.2) is 5.17 Å². The predicted octanol–water partition coefficient (Wildman–Crippen LogP) is 3.60. The van der Waals surface area contributed by atoms with Crippen LogP contribution in [0.4, 0.5) is 5.69 Å². The van der Waals surface area contributed by atoms with Gasteiger partial charge in [0.2, 0.25) is 0 Å². The quantitative estimate of drug-likeness (QED) is 0.852. The minimum atomic E-state index is 0.697. The summed E-state index contributed by atoms with van der Waals surface area (Å²) in [6.07, 6.45) is 0. The summed E-state index contributed by atoms with van der Waals surface area (Å²) in [5, 5.41) is 4.36. The zero-order valence-electron chi connectivity index (χ0n) is 8.53. The van der Waals surface area contributed by atoms with Gasteiger partial charge >= 0.3 is 0 Å². The maximum Gasteiger partial charge on any atom is 0.161 e. The predicted molar refractivity (Wildman–Crippen MR) is 71.7 cm³/mol. The summed E-state index contributed by atoms with van der Waals surface area (Å²) in [5.41, 5.74) is 1.09. The lowest BCUT2D eigenvalue weighted by Gasteiger charge is -2.17. The molecule has 1 atom stereocenters. The summed E-state index contributed by atoms with van der Waals surface area (Å²) < 4.78 is 1.09. The average Bonchev–Trinajstić information content (AvgIpc) is 2.22. The minimum Gasteiger partial charge on any atom is -0.335 e. The van der Waals surface area contributed by atoms with Crippen molar-refractivity contribution < 1.29 is 0 Å². The number of amidine groups is 1. The van der Waals surface area contributed by atoms with Gasteiger partial charge in [0.1, 0.15) is 0 Å². The van der Waals surface area contributed by atoms with Gasteiger partial charge in [-0.3, -0.25) is 4.99 Å². The number of halogens is 1. The van der Waals surface area contributed by atoms with E-state index in [1.54, 1.807) is 11.8 Å². The fraction of sp³-hybridized carbons (Fsp3) is 0.364. The molecule has 0 amide bonds. The highest BCUT2D eigenvalue weighted by atomic mass is 79.9. The zero-order valence-corrected chi connectivity index (χ0v) is 10.9. The van der Waals surface area contributed by atoms with Gasteiger partial charge in [0.05, 0.1) is 0 Å². The molecule has 1 aliphatic rings. The smallest absolute Gasteiger partial charge is 0.161 e.